The molecule has 0 bridgehead atoms. The quantitative estimate of drug-likeness (QED) is 0.511. The molecule has 8 heteroatoms. The number of aromatic nitrogens is 2. The van der Waals surface area contributed by atoms with Crippen LogP contribution in [0.1, 0.15) is 17.2 Å². The van der Waals surface area contributed by atoms with Crippen LogP contribution in [0.15, 0.2) is 43.0 Å². The summed E-state index contributed by atoms with van der Waals surface area (Å²) < 4.78 is 2.10. The van der Waals surface area contributed by atoms with Crippen molar-refractivity contribution in [3.63, 3.8) is 0 Å². The SMILES string of the molecule is C=C(Nc1cccc(-c2cccc(NC=O)c2Cl)c1Cl)c1nc2c(n1C)CCN(C)C2. The van der Waals surface area contributed by atoms with Crippen LogP contribution < -0.4 is 10.6 Å². The molecular weight excluding hydrogens is 433 g/mol. The van der Waals surface area contributed by atoms with E-state index in [1.807, 2.05) is 37.4 Å². The molecule has 1 aliphatic rings. The van der Waals surface area contributed by atoms with Crippen LogP contribution in [0.5, 0.6) is 0 Å². The van der Waals surface area contributed by atoms with Crippen LogP contribution in [-0.4, -0.2) is 34.5 Å². The lowest BCUT2D eigenvalue weighted by molar-refractivity contribution is -0.105. The summed E-state index contributed by atoms with van der Waals surface area (Å²) in [5.74, 6) is 0.789. The average molecular weight is 456 g/mol. The highest BCUT2D eigenvalue weighted by atomic mass is 35.5. The highest BCUT2D eigenvalue weighted by Gasteiger charge is 2.22. The number of hydrogen-bond donors (Lipinski definition) is 2. The summed E-state index contributed by atoms with van der Waals surface area (Å²) in [7, 11) is 4.11. The second-order valence-corrected chi connectivity index (χ2v) is 8.33. The molecule has 0 radical (unpaired) electrons. The highest BCUT2D eigenvalue weighted by molar-refractivity contribution is 6.39. The molecular formula is C23H23Cl2N5O. The van der Waals surface area contributed by atoms with Crippen molar-refractivity contribution < 1.29 is 4.79 Å². The predicted molar refractivity (Wildman–Crippen MR) is 127 cm³/mol. The third kappa shape index (κ3) is 4.06. The number of halogens is 2. The van der Waals surface area contributed by atoms with Gasteiger partial charge in [-0.15, -0.1) is 0 Å². The Bertz CT molecular complexity index is 1170. The largest absolute Gasteiger partial charge is 0.352 e. The maximum Gasteiger partial charge on any atom is 0.211 e. The van der Waals surface area contributed by atoms with Gasteiger partial charge in [-0.05, 0) is 19.2 Å². The molecule has 1 aromatic heterocycles. The Hall–Kier alpha value is -2.80. The fourth-order valence-electron chi connectivity index (χ4n) is 3.90. The number of anilines is 2. The van der Waals surface area contributed by atoms with Crippen molar-refractivity contribution >= 4 is 46.7 Å². The summed E-state index contributed by atoms with van der Waals surface area (Å²) in [6, 6.07) is 11.1. The first kappa shape index (κ1) is 21.4. The molecule has 4 rings (SSSR count). The average Bonchev–Trinajstić information content (AvgIpc) is 3.07. The Morgan fingerprint density at radius 2 is 1.74 bits per heavy atom. The molecule has 3 aromatic rings. The number of amides is 1. The maximum absolute atomic E-state index is 10.8. The number of rotatable bonds is 6. The van der Waals surface area contributed by atoms with E-state index in [1.54, 1.807) is 6.07 Å². The zero-order valence-corrected chi connectivity index (χ0v) is 18.9. The van der Waals surface area contributed by atoms with Gasteiger partial charge >= 0.3 is 0 Å². The topological polar surface area (TPSA) is 62.2 Å². The smallest absolute Gasteiger partial charge is 0.211 e. The lowest BCUT2D eigenvalue weighted by Crippen LogP contribution is -2.27. The number of nitrogens with zero attached hydrogens (tertiary/aromatic N) is 3. The van der Waals surface area contributed by atoms with E-state index in [0.29, 0.717) is 33.5 Å². The van der Waals surface area contributed by atoms with Crippen molar-refractivity contribution in [2.75, 3.05) is 24.2 Å². The van der Waals surface area contributed by atoms with E-state index < -0.39 is 0 Å². The van der Waals surface area contributed by atoms with Gasteiger partial charge < -0.3 is 20.1 Å². The van der Waals surface area contributed by atoms with E-state index in [2.05, 4.69) is 33.7 Å². The molecule has 0 saturated heterocycles. The van der Waals surface area contributed by atoms with E-state index >= 15 is 0 Å². The highest BCUT2D eigenvalue weighted by Crippen LogP contribution is 2.40. The number of carbonyl (C=O) groups is 1. The molecule has 0 unspecified atom stereocenters. The molecule has 2 aromatic carbocycles. The van der Waals surface area contributed by atoms with E-state index in [4.69, 9.17) is 28.2 Å². The van der Waals surface area contributed by atoms with Gasteiger partial charge in [-0.25, -0.2) is 4.98 Å². The van der Waals surface area contributed by atoms with Gasteiger partial charge in [-0.2, -0.15) is 0 Å². The van der Waals surface area contributed by atoms with Crippen molar-refractivity contribution in [1.82, 2.24) is 14.5 Å². The van der Waals surface area contributed by atoms with Gasteiger partial charge in [0.2, 0.25) is 6.41 Å². The standard InChI is InChI=1S/C23H23Cl2N5O/c1-14(23-28-19-12-29(2)11-10-20(19)30(23)3)27-18-9-5-7-16(22(18)25)15-6-4-8-17(21(15)24)26-13-31/h4-9,13,27H,1,10-12H2,2-3H3,(H,26,31). The molecule has 0 saturated carbocycles. The van der Waals surface area contributed by atoms with Crippen LogP contribution in [0.25, 0.3) is 16.8 Å². The Kier molecular flexibility index (Phi) is 6.05. The Labute approximate surface area is 191 Å². The minimum absolute atomic E-state index is 0.424. The van der Waals surface area contributed by atoms with Gasteiger partial charge in [0, 0.05) is 43.4 Å². The molecule has 0 aliphatic carbocycles. The fraction of sp³-hybridized carbons (Fsp3) is 0.217. The fourth-order valence-corrected chi connectivity index (χ4v) is 4.46. The van der Waals surface area contributed by atoms with Gasteiger partial charge in [0.25, 0.3) is 0 Å². The van der Waals surface area contributed by atoms with Crippen molar-refractivity contribution in [3.8, 4) is 11.1 Å². The van der Waals surface area contributed by atoms with Crippen LogP contribution in [0.3, 0.4) is 0 Å². The zero-order valence-electron chi connectivity index (χ0n) is 17.4. The number of carbonyl (C=O) groups excluding carboxylic acids is 1. The summed E-state index contributed by atoms with van der Waals surface area (Å²) in [5, 5.41) is 6.86. The molecule has 160 valence electrons. The van der Waals surface area contributed by atoms with Crippen LogP contribution in [0, 0.1) is 0 Å². The maximum atomic E-state index is 10.8. The summed E-state index contributed by atoms with van der Waals surface area (Å²) in [4.78, 5) is 17.9. The van der Waals surface area contributed by atoms with E-state index in [1.165, 1.54) is 5.69 Å². The lowest BCUT2D eigenvalue weighted by atomic mass is 10.0. The van der Waals surface area contributed by atoms with Crippen LogP contribution in [0.2, 0.25) is 10.0 Å². The number of benzene rings is 2. The van der Waals surface area contributed by atoms with E-state index in [-0.39, 0.29) is 0 Å². The number of likely N-dealkylation sites (N-methyl/N-ethyl adjacent to an activating group) is 1. The van der Waals surface area contributed by atoms with Crippen molar-refractivity contribution in [1.29, 1.82) is 0 Å². The third-order valence-corrected chi connectivity index (χ3v) is 6.32. The van der Waals surface area contributed by atoms with Gasteiger partial charge in [0.1, 0.15) is 0 Å². The second kappa shape index (κ2) is 8.75. The molecule has 6 nitrogen and oxygen atoms in total. The monoisotopic (exact) mass is 455 g/mol. The molecule has 0 fully saturated rings. The lowest BCUT2D eigenvalue weighted by Gasteiger charge is -2.21. The molecule has 0 atom stereocenters. The first-order valence-corrected chi connectivity index (χ1v) is 10.6. The van der Waals surface area contributed by atoms with Gasteiger partial charge in [-0.1, -0.05) is 54.0 Å². The molecule has 0 spiro atoms. The zero-order chi connectivity index (χ0) is 22.1. The summed E-state index contributed by atoms with van der Waals surface area (Å²) >= 11 is 13.3. The third-order valence-electron chi connectivity index (χ3n) is 5.50. The molecule has 1 aliphatic heterocycles. The number of fused-ring (bicyclic) bond motifs is 1. The minimum atomic E-state index is 0.424. The van der Waals surface area contributed by atoms with Crippen LogP contribution in [-0.2, 0) is 24.8 Å². The van der Waals surface area contributed by atoms with Gasteiger partial charge in [0.05, 0.1) is 32.8 Å². The van der Waals surface area contributed by atoms with E-state index in [0.717, 1.165) is 42.2 Å². The predicted octanol–water partition coefficient (Wildman–Crippen LogP) is 5.03. The van der Waals surface area contributed by atoms with Gasteiger partial charge in [-0.3, -0.25) is 4.79 Å². The van der Waals surface area contributed by atoms with Crippen molar-refractivity contribution in [3.05, 3.63) is 70.2 Å². The van der Waals surface area contributed by atoms with Crippen LogP contribution >= 0.6 is 23.2 Å². The van der Waals surface area contributed by atoms with Crippen LogP contribution in [0.4, 0.5) is 11.4 Å². The Morgan fingerprint density at radius 1 is 1.10 bits per heavy atom. The molecule has 2 N–H and O–H groups in total. The summed E-state index contributed by atoms with van der Waals surface area (Å²) in [6.07, 6.45) is 1.56. The summed E-state index contributed by atoms with van der Waals surface area (Å²) in [6.45, 7) is 6.04. The molecule has 1 amide bonds. The number of hydrogen-bond acceptors (Lipinski definition) is 4. The van der Waals surface area contributed by atoms with Crippen molar-refractivity contribution in [2.45, 2.75) is 13.0 Å². The van der Waals surface area contributed by atoms with Crippen molar-refractivity contribution in [2.24, 2.45) is 7.05 Å². The Balaban J connectivity index is 1.65. The molecule has 31 heavy (non-hydrogen) atoms. The Morgan fingerprint density at radius 3 is 2.42 bits per heavy atom. The van der Waals surface area contributed by atoms with Gasteiger partial charge in [0.15, 0.2) is 5.82 Å². The van der Waals surface area contributed by atoms with E-state index in [9.17, 15) is 4.79 Å². The molecule has 2 heterocycles. The normalized spacial score (nSPS) is 13.5. The first-order chi connectivity index (χ1) is 14.9. The number of nitrogens with one attached hydrogen (secondary N) is 2. The number of imidazole rings is 1. The second-order valence-electron chi connectivity index (χ2n) is 7.58. The summed E-state index contributed by atoms with van der Waals surface area (Å²) in [5.41, 5.74) is 5.69. The first-order valence-electron chi connectivity index (χ1n) is 9.87. The minimum Gasteiger partial charge on any atom is -0.352 e.